The van der Waals surface area contributed by atoms with Gasteiger partial charge in [0, 0.05) is 3.57 Å². The van der Waals surface area contributed by atoms with Crippen LogP contribution in [0.15, 0.2) is 42.5 Å². The molecule has 0 saturated carbocycles. The van der Waals surface area contributed by atoms with E-state index in [0.717, 1.165) is 27.5 Å². The van der Waals surface area contributed by atoms with E-state index in [4.69, 9.17) is 0 Å². The van der Waals surface area contributed by atoms with Crippen molar-refractivity contribution in [3.63, 3.8) is 0 Å². The van der Waals surface area contributed by atoms with Crippen molar-refractivity contribution in [2.45, 2.75) is 25.8 Å². The summed E-state index contributed by atoms with van der Waals surface area (Å²) in [6, 6.07) is 14.4. The maximum atomic E-state index is 12.5. The van der Waals surface area contributed by atoms with Crippen molar-refractivity contribution < 1.29 is 4.79 Å². The van der Waals surface area contributed by atoms with E-state index in [0.29, 0.717) is 0 Å². The lowest BCUT2D eigenvalue weighted by atomic mass is 10.1. The van der Waals surface area contributed by atoms with E-state index in [2.05, 4.69) is 46.1 Å². The Morgan fingerprint density at radius 3 is 2.85 bits per heavy atom. The Bertz CT molecular complexity index is 666. The van der Waals surface area contributed by atoms with Gasteiger partial charge in [0.05, 0.1) is 11.6 Å². The van der Waals surface area contributed by atoms with Gasteiger partial charge in [0.15, 0.2) is 0 Å². The summed E-state index contributed by atoms with van der Waals surface area (Å²) in [6.45, 7) is 2.03. The van der Waals surface area contributed by atoms with Crippen molar-refractivity contribution in [1.29, 1.82) is 0 Å². The third kappa shape index (κ3) is 2.46. The quantitative estimate of drug-likeness (QED) is 0.788. The SMILES string of the molecule is Cc1cccc(C(=O)NC2CCc3ccccc32)c1I. The molecule has 0 aliphatic heterocycles. The lowest BCUT2D eigenvalue weighted by Crippen LogP contribution is -2.27. The molecule has 2 nitrogen and oxygen atoms in total. The van der Waals surface area contributed by atoms with Gasteiger partial charge in [0.25, 0.3) is 5.91 Å². The van der Waals surface area contributed by atoms with Crippen LogP contribution in [-0.4, -0.2) is 5.91 Å². The minimum absolute atomic E-state index is 0.0276. The van der Waals surface area contributed by atoms with E-state index in [1.165, 1.54) is 11.1 Å². The highest BCUT2D eigenvalue weighted by molar-refractivity contribution is 14.1. The summed E-state index contributed by atoms with van der Waals surface area (Å²) in [6.07, 6.45) is 2.04. The highest BCUT2D eigenvalue weighted by atomic mass is 127. The fourth-order valence-corrected chi connectivity index (χ4v) is 3.37. The van der Waals surface area contributed by atoms with Crippen LogP contribution >= 0.6 is 22.6 Å². The average Bonchev–Trinajstić information content (AvgIpc) is 2.85. The number of hydrogen-bond donors (Lipinski definition) is 1. The molecular weight excluding hydrogens is 361 g/mol. The Kier molecular flexibility index (Phi) is 3.78. The van der Waals surface area contributed by atoms with E-state index in [1.807, 2.05) is 31.2 Å². The first-order valence-electron chi connectivity index (χ1n) is 6.80. The van der Waals surface area contributed by atoms with Crippen LogP contribution in [0.1, 0.15) is 39.5 Å². The smallest absolute Gasteiger partial charge is 0.252 e. The van der Waals surface area contributed by atoms with Crippen molar-refractivity contribution in [3.05, 3.63) is 68.3 Å². The van der Waals surface area contributed by atoms with Crippen molar-refractivity contribution in [1.82, 2.24) is 5.32 Å². The van der Waals surface area contributed by atoms with Crippen molar-refractivity contribution in [2.75, 3.05) is 0 Å². The second-order valence-corrected chi connectivity index (χ2v) is 6.28. The topological polar surface area (TPSA) is 29.1 Å². The molecule has 1 unspecified atom stereocenters. The van der Waals surface area contributed by atoms with Gasteiger partial charge in [-0.3, -0.25) is 4.79 Å². The Hall–Kier alpha value is -1.36. The number of nitrogens with one attached hydrogen (secondary N) is 1. The Balaban J connectivity index is 1.83. The van der Waals surface area contributed by atoms with Crippen LogP contribution in [-0.2, 0) is 6.42 Å². The second-order valence-electron chi connectivity index (χ2n) is 5.20. The van der Waals surface area contributed by atoms with E-state index >= 15 is 0 Å². The zero-order valence-corrected chi connectivity index (χ0v) is 13.5. The molecule has 1 N–H and O–H groups in total. The summed E-state index contributed by atoms with van der Waals surface area (Å²) in [5.41, 5.74) is 4.54. The first-order chi connectivity index (χ1) is 9.66. The summed E-state index contributed by atoms with van der Waals surface area (Å²) in [5, 5.41) is 3.18. The molecule has 0 spiro atoms. The predicted molar refractivity (Wildman–Crippen MR) is 88.9 cm³/mol. The third-order valence-corrected chi connectivity index (χ3v) is 5.31. The summed E-state index contributed by atoms with van der Waals surface area (Å²) < 4.78 is 1.04. The van der Waals surface area contributed by atoms with Gasteiger partial charge in [-0.15, -0.1) is 0 Å². The molecule has 0 heterocycles. The molecule has 1 amide bonds. The lowest BCUT2D eigenvalue weighted by Gasteiger charge is -2.15. The normalized spacial score (nSPS) is 16.8. The zero-order chi connectivity index (χ0) is 14.1. The Morgan fingerprint density at radius 1 is 1.20 bits per heavy atom. The molecule has 0 saturated heterocycles. The molecule has 3 rings (SSSR count). The maximum Gasteiger partial charge on any atom is 0.252 e. The van der Waals surface area contributed by atoms with Crippen LogP contribution in [0.2, 0.25) is 0 Å². The van der Waals surface area contributed by atoms with Gasteiger partial charge in [-0.2, -0.15) is 0 Å². The van der Waals surface area contributed by atoms with Crippen LogP contribution in [0, 0.1) is 10.5 Å². The summed E-state index contributed by atoms with van der Waals surface area (Å²) in [5.74, 6) is 0.0276. The van der Waals surface area contributed by atoms with Crippen molar-refractivity contribution in [2.24, 2.45) is 0 Å². The molecule has 1 aliphatic carbocycles. The van der Waals surface area contributed by atoms with Crippen molar-refractivity contribution in [3.8, 4) is 0 Å². The molecule has 0 bridgehead atoms. The van der Waals surface area contributed by atoms with Gasteiger partial charge in [-0.05, 0) is 65.1 Å². The number of amides is 1. The van der Waals surface area contributed by atoms with Gasteiger partial charge >= 0.3 is 0 Å². The first-order valence-corrected chi connectivity index (χ1v) is 7.88. The number of carbonyl (C=O) groups is 1. The van der Waals surface area contributed by atoms with E-state index < -0.39 is 0 Å². The monoisotopic (exact) mass is 377 g/mol. The highest BCUT2D eigenvalue weighted by Gasteiger charge is 2.24. The molecule has 20 heavy (non-hydrogen) atoms. The van der Waals surface area contributed by atoms with Crippen LogP contribution in [0.3, 0.4) is 0 Å². The van der Waals surface area contributed by atoms with Gasteiger partial charge in [0.1, 0.15) is 0 Å². The summed E-state index contributed by atoms with van der Waals surface area (Å²) in [4.78, 5) is 12.5. The van der Waals surface area contributed by atoms with E-state index in [1.54, 1.807) is 0 Å². The molecule has 1 aliphatic rings. The molecule has 2 aromatic rings. The fraction of sp³-hybridized carbons (Fsp3) is 0.235. The van der Waals surface area contributed by atoms with Crippen LogP contribution in [0.4, 0.5) is 0 Å². The molecule has 0 fully saturated rings. The van der Waals surface area contributed by atoms with Gasteiger partial charge < -0.3 is 5.32 Å². The predicted octanol–water partition coefficient (Wildman–Crippen LogP) is 4.02. The van der Waals surface area contributed by atoms with Crippen LogP contribution in [0.25, 0.3) is 0 Å². The molecule has 1 atom stereocenters. The highest BCUT2D eigenvalue weighted by Crippen LogP contribution is 2.31. The lowest BCUT2D eigenvalue weighted by molar-refractivity contribution is 0.0935. The first kappa shape index (κ1) is 13.6. The minimum Gasteiger partial charge on any atom is -0.345 e. The van der Waals surface area contributed by atoms with Crippen LogP contribution in [0.5, 0.6) is 0 Å². The number of rotatable bonds is 2. The molecule has 2 aromatic carbocycles. The Labute approximate surface area is 132 Å². The van der Waals surface area contributed by atoms with Crippen molar-refractivity contribution >= 4 is 28.5 Å². The summed E-state index contributed by atoms with van der Waals surface area (Å²) >= 11 is 2.25. The van der Waals surface area contributed by atoms with Gasteiger partial charge in [0.2, 0.25) is 0 Å². The van der Waals surface area contributed by atoms with E-state index in [-0.39, 0.29) is 11.9 Å². The summed E-state index contributed by atoms with van der Waals surface area (Å²) in [7, 11) is 0. The second kappa shape index (κ2) is 5.56. The number of halogens is 1. The number of carbonyl (C=O) groups excluding carboxylic acids is 1. The van der Waals surface area contributed by atoms with E-state index in [9.17, 15) is 4.79 Å². The average molecular weight is 377 g/mol. The van der Waals surface area contributed by atoms with Gasteiger partial charge in [-0.1, -0.05) is 36.4 Å². The molecule has 0 radical (unpaired) electrons. The molecule has 102 valence electrons. The van der Waals surface area contributed by atoms with Gasteiger partial charge in [-0.25, -0.2) is 0 Å². The largest absolute Gasteiger partial charge is 0.345 e. The van der Waals surface area contributed by atoms with Crippen LogP contribution < -0.4 is 5.32 Å². The number of aryl methyl sites for hydroxylation is 2. The maximum absolute atomic E-state index is 12.5. The molecule has 3 heteroatoms. The Morgan fingerprint density at radius 2 is 2.00 bits per heavy atom. The number of hydrogen-bond acceptors (Lipinski definition) is 1. The minimum atomic E-state index is 0.0276. The standard InChI is InChI=1S/C17H16INO/c1-11-5-4-8-14(16(11)18)17(20)19-15-10-9-12-6-2-3-7-13(12)15/h2-8,15H,9-10H2,1H3,(H,19,20). The number of benzene rings is 2. The fourth-order valence-electron chi connectivity index (χ4n) is 2.77. The zero-order valence-electron chi connectivity index (χ0n) is 11.3. The molecular formula is C17H16INO. The number of fused-ring (bicyclic) bond motifs is 1. The third-order valence-electron chi connectivity index (χ3n) is 3.87. The molecule has 0 aromatic heterocycles.